The number of rotatable bonds is 5. The fraction of sp³-hybridized carbons (Fsp3) is 1.00. The van der Waals surface area contributed by atoms with Gasteiger partial charge in [-0.3, -0.25) is 0 Å². The van der Waals surface area contributed by atoms with Crippen LogP contribution in [0.2, 0.25) is 0 Å². The van der Waals surface area contributed by atoms with Gasteiger partial charge in [0, 0.05) is 12.1 Å². The second-order valence-corrected chi connectivity index (χ2v) is 8.07. The van der Waals surface area contributed by atoms with Crippen molar-refractivity contribution in [1.29, 1.82) is 0 Å². The molecule has 0 aromatic rings. The van der Waals surface area contributed by atoms with Crippen LogP contribution in [0.1, 0.15) is 72.6 Å². The van der Waals surface area contributed by atoms with Gasteiger partial charge in [-0.2, -0.15) is 0 Å². The summed E-state index contributed by atoms with van der Waals surface area (Å²) in [5, 5.41) is 4.10. The molecule has 2 rings (SSSR count). The minimum Gasteiger partial charge on any atom is -0.311 e. The maximum atomic E-state index is 4.10. The number of hydrogen-bond donors (Lipinski definition) is 1. The van der Waals surface area contributed by atoms with Crippen molar-refractivity contribution in [3.05, 3.63) is 0 Å². The highest BCUT2D eigenvalue weighted by atomic mass is 15.1. The van der Waals surface area contributed by atoms with Gasteiger partial charge in [-0.25, -0.2) is 0 Å². The summed E-state index contributed by atoms with van der Waals surface area (Å²) < 4.78 is 0. The molecule has 4 unspecified atom stereocenters. The number of hydrogen-bond acceptors (Lipinski definition) is 2. The molecule has 2 nitrogen and oxygen atoms in total. The Labute approximate surface area is 133 Å². The van der Waals surface area contributed by atoms with E-state index in [0.29, 0.717) is 0 Å². The number of nitrogens with one attached hydrogen (secondary N) is 1. The average molecular weight is 295 g/mol. The van der Waals surface area contributed by atoms with Crippen molar-refractivity contribution in [2.24, 2.45) is 17.8 Å². The third-order valence-electron chi connectivity index (χ3n) is 5.83. The average Bonchev–Trinajstić information content (AvgIpc) is 2.65. The van der Waals surface area contributed by atoms with E-state index >= 15 is 0 Å². The maximum Gasteiger partial charge on any atom is 0.0103 e. The molecule has 21 heavy (non-hydrogen) atoms. The molecular formula is C19H38N2. The fourth-order valence-corrected chi connectivity index (χ4v) is 4.56. The van der Waals surface area contributed by atoms with Gasteiger partial charge in [0.15, 0.2) is 0 Å². The van der Waals surface area contributed by atoms with Gasteiger partial charge in [0.2, 0.25) is 0 Å². The zero-order chi connectivity index (χ0) is 15.2. The molecule has 2 heteroatoms. The Morgan fingerprint density at radius 3 is 2.62 bits per heavy atom. The van der Waals surface area contributed by atoms with Crippen molar-refractivity contribution in [3.8, 4) is 0 Å². The molecule has 1 aliphatic carbocycles. The molecule has 2 aliphatic rings. The highest BCUT2D eigenvalue weighted by Crippen LogP contribution is 2.34. The first-order chi connectivity index (χ1) is 10.1. The number of likely N-dealkylation sites (tertiary alicyclic amines) is 1. The first kappa shape index (κ1) is 17.3. The van der Waals surface area contributed by atoms with Gasteiger partial charge in [0.1, 0.15) is 0 Å². The Morgan fingerprint density at radius 2 is 1.90 bits per heavy atom. The van der Waals surface area contributed by atoms with E-state index in [1.165, 1.54) is 64.6 Å². The van der Waals surface area contributed by atoms with Crippen LogP contribution >= 0.6 is 0 Å². The first-order valence-corrected chi connectivity index (χ1v) is 9.58. The highest BCUT2D eigenvalue weighted by Gasteiger charge is 2.32. The minimum atomic E-state index is 0.767. The summed E-state index contributed by atoms with van der Waals surface area (Å²) in [4.78, 5) is 2.67. The lowest BCUT2D eigenvalue weighted by molar-refractivity contribution is 0.155. The van der Waals surface area contributed by atoms with Crippen molar-refractivity contribution in [1.82, 2.24) is 10.2 Å². The summed E-state index contributed by atoms with van der Waals surface area (Å²) >= 11 is 0. The summed E-state index contributed by atoms with van der Waals surface area (Å²) in [6.07, 6.45) is 9.70. The van der Waals surface area contributed by atoms with E-state index in [9.17, 15) is 0 Å². The molecule has 0 aromatic carbocycles. The molecular weight excluding hydrogens is 256 g/mol. The molecule has 2 fully saturated rings. The molecule has 1 N–H and O–H groups in total. The van der Waals surface area contributed by atoms with E-state index in [1.54, 1.807) is 0 Å². The Kier molecular flexibility index (Phi) is 7.01. The third kappa shape index (κ3) is 5.25. The largest absolute Gasteiger partial charge is 0.311 e. The standard InChI is InChI=1S/C19H38N2/c1-5-11-21-12-6-7-17(10-13-21)20-19-14-16(4)8-9-18(19)15(2)3/h15-20H,5-14H2,1-4H3. The van der Waals surface area contributed by atoms with E-state index in [1.807, 2.05) is 0 Å². The van der Waals surface area contributed by atoms with Gasteiger partial charge < -0.3 is 10.2 Å². The second kappa shape index (κ2) is 8.53. The molecule has 4 atom stereocenters. The topological polar surface area (TPSA) is 15.3 Å². The van der Waals surface area contributed by atoms with Crippen LogP contribution < -0.4 is 5.32 Å². The van der Waals surface area contributed by atoms with Crippen molar-refractivity contribution in [3.63, 3.8) is 0 Å². The molecule has 0 radical (unpaired) electrons. The lowest BCUT2D eigenvalue weighted by atomic mass is 9.73. The molecule has 0 amide bonds. The molecule has 1 saturated heterocycles. The van der Waals surface area contributed by atoms with Crippen molar-refractivity contribution in [2.45, 2.75) is 84.7 Å². The van der Waals surface area contributed by atoms with E-state index in [-0.39, 0.29) is 0 Å². The van der Waals surface area contributed by atoms with Crippen LogP contribution in [0, 0.1) is 17.8 Å². The fourth-order valence-electron chi connectivity index (χ4n) is 4.56. The number of nitrogens with zero attached hydrogens (tertiary/aromatic N) is 1. The van der Waals surface area contributed by atoms with Crippen LogP contribution in [0.4, 0.5) is 0 Å². The summed E-state index contributed by atoms with van der Waals surface area (Å²) in [6.45, 7) is 13.5. The molecule has 1 aliphatic heterocycles. The summed E-state index contributed by atoms with van der Waals surface area (Å²) in [5.74, 6) is 2.65. The van der Waals surface area contributed by atoms with Gasteiger partial charge in [0.25, 0.3) is 0 Å². The summed E-state index contributed by atoms with van der Waals surface area (Å²) in [5.41, 5.74) is 0. The van der Waals surface area contributed by atoms with Gasteiger partial charge in [-0.15, -0.1) is 0 Å². The summed E-state index contributed by atoms with van der Waals surface area (Å²) in [6, 6.07) is 1.54. The van der Waals surface area contributed by atoms with Crippen LogP contribution in [0.25, 0.3) is 0 Å². The van der Waals surface area contributed by atoms with E-state index < -0.39 is 0 Å². The lowest BCUT2D eigenvalue weighted by Crippen LogP contribution is -2.47. The van der Waals surface area contributed by atoms with Crippen molar-refractivity contribution in [2.75, 3.05) is 19.6 Å². The predicted molar refractivity (Wildman–Crippen MR) is 92.6 cm³/mol. The maximum absolute atomic E-state index is 4.10. The smallest absolute Gasteiger partial charge is 0.0103 e. The van der Waals surface area contributed by atoms with E-state index in [0.717, 1.165) is 29.8 Å². The Bertz CT molecular complexity index is 289. The Hall–Kier alpha value is -0.0800. The van der Waals surface area contributed by atoms with Crippen molar-refractivity contribution < 1.29 is 0 Å². The van der Waals surface area contributed by atoms with E-state index in [4.69, 9.17) is 0 Å². The minimum absolute atomic E-state index is 0.767. The predicted octanol–water partition coefficient (Wildman–Crippen LogP) is 4.30. The SMILES string of the molecule is CCCN1CCCC(NC2CC(C)CCC2C(C)C)CC1. The monoisotopic (exact) mass is 294 g/mol. The molecule has 0 spiro atoms. The zero-order valence-electron chi connectivity index (χ0n) is 14.9. The molecule has 0 bridgehead atoms. The van der Waals surface area contributed by atoms with Crippen LogP contribution in [0.15, 0.2) is 0 Å². The van der Waals surface area contributed by atoms with Crippen LogP contribution in [0.5, 0.6) is 0 Å². The van der Waals surface area contributed by atoms with Gasteiger partial charge >= 0.3 is 0 Å². The normalized spacial score (nSPS) is 35.9. The molecule has 124 valence electrons. The lowest BCUT2D eigenvalue weighted by Gasteiger charge is -2.40. The van der Waals surface area contributed by atoms with Crippen LogP contribution in [-0.4, -0.2) is 36.6 Å². The van der Waals surface area contributed by atoms with Crippen LogP contribution in [0.3, 0.4) is 0 Å². The third-order valence-corrected chi connectivity index (χ3v) is 5.83. The second-order valence-electron chi connectivity index (χ2n) is 8.07. The Morgan fingerprint density at radius 1 is 1.10 bits per heavy atom. The van der Waals surface area contributed by atoms with Crippen molar-refractivity contribution >= 4 is 0 Å². The molecule has 1 heterocycles. The quantitative estimate of drug-likeness (QED) is 0.813. The zero-order valence-corrected chi connectivity index (χ0v) is 14.9. The molecule has 0 aromatic heterocycles. The first-order valence-electron chi connectivity index (χ1n) is 9.58. The molecule has 1 saturated carbocycles. The highest BCUT2D eigenvalue weighted by molar-refractivity contribution is 4.88. The van der Waals surface area contributed by atoms with Gasteiger partial charge in [-0.05, 0) is 75.9 Å². The van der Waals surface area contributed by atoms with Gasteiger partial charge in [0.05, 0.1) is 0 Å². The van der Waals surface area contributed by atoms with E-state index in [2.05, 4.69) is 37.9 Å². The van der Waals surface area contributed by atoms with Gasteiger partial charge in [-0.1, -0.05) is 34.1 Å². The summed E-state index contributed by atoms with van der Waals surface area (Å²) in [7, 11) is 0. The van der Waals surface area contributed by atoms with Crippen LogP contribution in [-0.2, 0) is 0 Å². The Balaban J connectivity index is 1.86.